The van der Waals surface area contributed by atoms with E-state index < -0.39 is 0 Å². The summed E-state index contributed by atoms with van der Waals surface area (Å²) in [5, 5.41) is 0. The fourth-order valence-electron chi connectivity index (χ4n) is 2.34. The first-order chi connectivity index (χ1) is 11.8. The van der Waals surface area contributed by atoms with Crippen molar-refractivity contribution in [2.24, 2.45) is 5.92 Å². The number of Topliss-reactive ketones (excluding diaryl/α,β-unsaturated/α-hetero) is 1. The van der Waals surface area contributed by atoms with E-state index in [1.165, 1.54) is 0 Å². The van der Waals surface area contributed by atoms with Crippen LogP contribution in [0.25, 0.3) is 22.4 Å². The van der Waals surface area contributed by atoms with Crippen LogP contribution in [0.15, 0.2) is 66.9 Å². The molecule has 0 saturated heterocycles. The van der Waals surface area contributed by atoms with Crippen LogP contribution in [0.1, 0.15) is 13.3 Å². The van der Waals surface area contributed by atoms with Crippen LogP contribution in [0.3, 0.4) is 0 Å². The van der Waals surface area contributed by atoms with Crippen LogP contribution in [0.5, 0.6) is 0 Å². The van der Waals surface area contributed by atoms with Crippen molar-refractivity contribution in [3.63, 3.8) is 0 Å². The van der Waals surface area contributed by atoms with Crippen molar-refractivity contribution in [2.45, 2.75) is 13.3 Å². The summed E-state index contributed by atoms with van der Waals surface area (Å²) in [6.07, 6.45) is 7.52. The third-order valence-electron chi connectivity index (χ3n) is 3.79. The monoisotopic (exact) mass is 549 g/mol. The van der Waals surface area contributed by atoms with Gasteiger partial charge in [0, 0.05) is 45.9 Å². The molecule has 26 heavy (non-hydrogen) atoms. The fourth-order valence-corrected chi connectivity index (χ4v) is 2.34. The third kappa shape index (κ3) is 6.32. The molecule has 0 N–H and O–H groups in total. The molecule has 0 amide bonds. The first-order valence-corrected chi connectivity index (χ1v) is 7.93. The number of hydrogen-bond acceptors (Lipinski definition) is 3. The Hall–Kier alpha value is -1.54. The van der Waals surface area contributed by atoms with Gasteiger partial charge in [-0.1, -0.05) is 78.0 Å². The standard InChI is InChI=1S/C16H11N2.C5H7O.V.W/c1-3-7-13(8-4-1)15-11-17-12-18-16(15)14-9-5-2-6-10-14;1-4(6)5-2-3-5;;/h1-11H;2,5H,3H2,1H3;;/q2*-1;;. The van der Waals surface area contributed by atoms with Crippen molar-refractivity contribution in [3.8, 4) is 22.4 Å². The number of nitrogens with zero attached hydrogens (tertiary/aromatic N) is 2. The molecule has 1 radical (unpaired) electrons. The molecule has 1 aliphatic carbocycles. The molecule has 1 aromatic heterocycles. The minimum absolute atomic E-state index is 0. The molecule has 3 nitrogen and oxygen atoms in total. The summed E-state index contributed by atoms with van der Waals surface area (Å²) in [6, 6.07) is 20.2. The second-order valence-corrected chi connectivity index (χ2v) is 5.65. The molecular weight excluding hydrogens is 531 g/mol. The SMILES string of the molecule is CC(=O)C1[CH-]C1.[V].[W].[c-]1ncc(-c2ccccc2)c(-c2ccccc2)n1. The van der Waals surface area contributed by atoms with Gasteiger partial charge in [-0.15, -0.1) is 5.92 Å². The molecule has 1 atom stereocenters. The Kier molecular flexibility index (Phi) is 9.72. The Labute approximate surface area is 180 Å². The molecule has 2 aromatic carbocycles. The second kappa shape index (κ2) is 11.2. The van der Waals surface area contributed by atoms with Gasteiger partial charge in [-0.25, -0.2) is 0 Å². The van der Waals surface area contributed by atoms with Crippen LogP contribution in [-0.2, 0) is 44.4 Å². The van der Waals surface area contributed by atoms with Crippen LogP contribution in [-0.4, -0.2) is 15.8 Å². The van der Waals surface area contributed by atoms with E-state index in [0.29, 0.717) is 11.7 Å². The van der Waals surface area contributed by atoms with Gasteiger partial charge in [0.05, 0.1) is 0 Å². The Morgan fingerprint density at radius 3 is 2.04 bits per heavy atom. The maximum absolute atomic E-state index is 10.2. The van der Waals surface area contributed by atoms with Gasteiger partial charge in [-0.3, -0.25) is 0 Å². The molecule has 3 aromatic rings. The van der Waals surface area contributed by atoms with Crippen molar-refractivity contribution in [1.82, 2.24) is 9.97 Å². The summed E-state index contributed by atoms with van der Waals surface area (Å²) in [6.45, 7) is 1.63. The van der Waals surface area contributed by atoms with Crippen LogP contribution in [0.2, 0.25) is 0 Å². The van der Waals surface area contributed by atoms with E-state index >= 15 is 0 Å². The van der Waals surface area contributed by atoms with Crippen molar-refractivity contribution >= 4 is 5.78 Å². The molecule has 1 unspecified atom stereocenters. The molecule has 4 rings (SSSR count). The summed E-state index contributed by atoms with van der Waals surface area (Å²) in [7, 11) is 0. The normalized spacial score (nSPS) is 14.0. The molecule has 1 aliphatic rings. The number of hydrogen-bond donors (Lipinski definition) is 0. The molecule has 1 heterocycles. The summed E-state index contributed by atoms with van der Waals surface area (Å²) in [4.78, 5) is 18.5. The van der Waals surface area contributed by atoms with Crippen LogP contribution >= 0.6 is 0 Å². The third-order valence-corrected chi connectivity index (χ3v) is 3.79. The quantitative estimate of drug-likeness (QED) is 0.456. The van der Waals surface area contributed by atoms with Crippen molar-refractivity contribution < 1.29 is 44.4 Å². The Morgan fingerprint density at radius 1 is 1.04 bits per heavy atom. The summed E-state index contributed by atoms with van der Waals surface area (Å²) in [5.74, 6) is 0.653. The first kappa shape index (κ1) is 22.5. The van der Waals surface area contributed by atoms with E-state index in [1.54, 1.807) is 6.92 Å². The number of benzene rings is 2. The number of carbonyl (C=O) groups is 1. The molecule has 0 spiro atoms. The maximum Gasteiger partial charge on any atom is 0.101 e. The van der Waals surface area contributed by atoms with Crippen molar-refractivity contribution in [1.29, 1.82) is 0 Å². The molecule has 1 saturated carbocycles. The number of rotatable bonds is 3. The predicted octanol–water partition coefficient (Wildman–Crippen LogP) is 4.41. The van der Waals surface area contributed by atoms with Crippen molar-refractivity contribution in [3.05, 3.63) is 79.6 Å². The van der Waals surface area contributed by atoms with Gasteiger partial charge in [0.15, 0.2) is 0 Å². The molecule has 5 heteroatoms. The molecular formula is C21H18N2OVW-2. The van der Waals surface area contributed by atoms with E-state index in [0.717, 1.165) is 28.8 Å². The fraction of sp³-hybridized carbons (Fsp3) is 0.143. The number of ketones is 1. The van der Waals surface area contributed by atoms with E-state index in [4.69, 9.17) is 0 Å². The van der Waals surface area contributed by atoms with Crippen LogP contribution in [0, 0.1) is 18.7 Å². The molecule has 131 valence electrons. The van der Waals surface area contributed by atoms with Gasteiger partial charge < -0.3 is 21.2 Å². The maximum atomic E-state index is 10.2. The minimum atomic E-state index is 0. The van der Waals surface area contributed by atoms with Gasteiger partial charge in [0.25, 0.3) is 0 Å². The molecule has 0 aliphatic heterocycles. The largest absolute Gasteiger partial charge is 0.374 e. The number of aromatic nitrogens is 2. The van der Waals surface area contributed by atoms with E-state index in [2.05, 4.69) is 28.4 Å². The van der Waals surface area contributed by atoms with Crippen molar-refractivity contribution in [2.75, 3.05) is 0 Å². The predicted molar refractivity (Wildman–Crippen MR) is 94.8 cm³/mol. The number of carbonyl (C=O) groups excluding carboxylic acids is 1. The smallest absolute Gasteiger partial charge is 0.101 e. The zero-order valence-corrected chi connectivity index (χ0v) is 18.7. The van der Waals surface area contributed by atoms with Gasteiger partial charge in [0.2, 0.25) is 0 Å². The van der Waals surface area contributed by atoms with Gasteiger partial charge in [-0.2, -0.15) is 6.42 Å². The van der Waals surface area contributed by atoms with Gasteiger partial charge >= 0.3 is 0 Å². The second-order valence-electron chi connectivity index (χ2n) is 5.65. The zero-order chi connectivity index (χ0) is 16.8. The summed E-state index contributed by atoms with van der Waals surface area (Å²) >= 11 is 0. The minimum Gasteiger partial charge on any atom is -0.374 e. The Balaban J connectivity index is 0.000000364. The van der Waals surface area contributed by atoms with Crippen LogP contribution < -0.4 is 0 Å². The van der Waals surface area contributed by atoms with E-state index in [-0.39, 0.29) is 39.6 Å². The zero-order valence-electron chi connectivity index (χ0n) is 14.4. The van der Waals surface area contributed by atoms with E-state index in [9.17, 15) is 4.79 Å². The van der Waals surface area contributed by atoms with Crippen LogP contribution in [0.4, 0.5) is 0 Å². The average Bonchev–Trinajstić information content (AvgIpc) is 3.49. The topological polar surface area (TPSA) is 42.9 Å². The Morgan fingerprint density at radius 2 is 1.58 bits per heavy atom. The van der Waals surface area contributed by atoms with Gasteiger partial charge in [0.1, 0.15) is 5.78 Å². The molecule has 0 bridgehead atoms. The molecule has 1 fully saturated rings. The first-order valence-electron chi connectivity index (χ1n) is 7.93. The summed E-state index contributed by atoms with van der Waals surface area (Å²) < 4.78 is 0. The Bertz CT molecular complexity index is 750. The van der Waals surface area contributed by atoms with E-state index in [1.807, 2.05) is 61.1 Å². The average molecular weight is 549 g/mol. The summed E-state index contributed by atoms with van der Waals surface area (Å²) in [5.41, 5.74) is 4.14. The van der Waals surface area contributed by atoms with Gasteiger partial charge in [-0.05, 0) is 18.2 Å².